The third kappa shape index (κ3) is 3.71. The Hall–Kier alpha value is -1.06. The zero-order valence-electron chi connectivity index (χ0n) is 11.8. The Kier molecular flexibility index (Phi) is 4.04. The van der Waals surface area contributed by atoms with Gasteiger partial charge >= 0.3 is 0 Å². The molecule has 2 aliphatic rings. The van der Waals surface area contributed by atoms with E-state index in [0.717, 1.165) is 31.8 Å². The third-order valence-electron chi connectivity index (χ3n) is 3.96. The molecular formula is C16H24N2O. The predicted molar refractivity (Wildman–Crippen MR) is 78.5 cm³/mol. The van der Waals surface area contributed by atoms with Gasteiger partial charge < -0.3 is 15.0 Å². The van der Waals surface area contributed by atoms with E-state index in [9.17, 15) is 0 Å². The molecule has 0 amide bonds. The molecule has 104 valence electrons. The maximum Gasteiger partial charge on any atom is 0.0637 e. The first-order valence-corrected chi connectivity index (χ1v) is 7.45. The summed E-state index contributed by atoms with van der Waals surface area (Å²) in [4.78, 5) is 2.49. The summed E-state index contributed by atoms with van der Waals surface area (Å²) in [5.41, 5.74) is 2.73. The second-order valence-electron chi connectivity index (χ2n) is 5.74. The summed E-state index contributed by atoms with van der Waals surface area (Å²) in [6.07, 6.45) is 5.36. The largest absolute Gasteiger partial charge is 0.383 e. The number of hydrogen-bond acceptors (Lipinski definition) is 3. The molecule has 1 aromatic rings. The maximum atomic E-state index is 5.22. The van der Waals surface area contributed by atoms with Crippen LogP contribution in [0.15, 0.2) is 24.3 Å². The van der Waals surface area contributed by atoms with Gasteiger partial charge in [-0.3, -0.25) is 0 Å². The van der Waals surface area contributed by atoms with Crippen LogP contribution in [-0.2, 0) is 11.3 Å². The van der Waals surface area contributed by atoms with Crippen molar-refractivity contribution in [3.05, 3.63) is 29.8 Å². The highest BCUT2D eigenvalue weighted by molar-refractivity contribution is 5.49. The molecule has 0 heterocycles. The zero-order valence-corrected chi connectivity index (χ0v) is 11.8. The SMILES string of the molecule is COCCN(c1ccc(CNC2CC2)cc1)C1CC1. The third-order valence-corrected chi connectivity index (χ3v) is 3.96. The highest BCUT2D eigenvalue weighted by atomic mass is 16.5. The number of benzene rings is 1. The van der Waals surface area contributed by atoms with E-state index in [0.29, 0.717) is 0 Å². The monoisotopic (exact) mass is 260 g/mol. The van der Waals surface area contributed by atoms with Gasteiger partial charge in [-0.2, -0.15) is 0 Å². The van der Waals surface area contributed by atoms with E-state index < -0.39 is 0 Å². The summed E-state index contributed by atoms with van der Waals surface area (Å²) < 4.78 is 5.22. The van der Waals surface area contributed by atoms with E-state index in [1.165, 1.54) is 36.9 Å². The van der Waals surface area contributed by atoms with Crippen LogP contribution in [0, 0.1) is 0 Å². The van der Waals surface area contributed by atoms with Gasteiger partial charge in [-0.15, -0.1) is 0 Å². The van der Waals surface area contributed by atoms with E-state index in [2.05, 4.69) is 34.5 Å². The molecule has 3 heteroatoms. The van der Waals surface area contributed by atoms with Crippen LogP contribution in [0.25, 0.3) is 0 Å². The number of anilines is 1. The first-order chi connectivity index (χ1) is 9.36. The Morgan fingerprint density at radius 1 is 1.16 bits per heavy atom. The predicted octanol–water partition coefficient (Wildman–Crippen LogP) is 2.55. The number of ether oxygens (including phenoxy) is 1. The van der Waals surface area contributed by atoms with Gasteiger partial charge in [0.1, 0.15) is 0 Å². The molecule has 3 nitrogen and oxygen atoms in total. The Balaban J connectivity index is 1.58. The summed E-state index contributed by atoms with van der Waals surface area (Å²) >= 11 is 0. The van der Waals surface area contributed by atoms with Crippen LogP contribution < -0.4 is 10.2 Å². The molecule has 0 aliphatic heterocycles. The molecule has 0 radical (unpaired) electrons. The second-order valence-corrected chi connectivity index (χ2v) is 5.74. The fraction of sp³-hybridized carbons (Fsp3) is 0.625. The van der Waals surface area contributed by atoms with Crippen molar-refractivity contribution in [2.75, 3.05) is 25.2 Å². The number of rotatable bonds is 8. The van der Waals surface area contributed by atoms with Gasteiger partial charge in [-0.05, 0) is 43.4 Å². The lowest BCUT2D eigenvalue weighted by molar-refractivity contribution is 0.205. The van der Waals surface area contributed by atoms with E-state index >= 15 is 0 Å². The van der Waals surface area contributed by atoms with E-state index in [4.69, 9.17) is 4.74 Å². The molecule has 19 heavy (non-hydrogen) atoms. The molecule has 1 N–H and O–H groups in total. The minimum Gasteiger partial charge on any atom is -0.383 e. The molecule has 0 saturated heterocycles. The zero-order chi connectivity index (χ0) is 13.1. The molecule has 0 spiro atoms. The maximum absolute atomic E-state index is 5.22. The Morgan fingerprint density at radius 3 is 2.47 bits per heavy atom. The van der Waals surface area contributed by atoms with Gasteiger partial charge in [0.05, 0.1) is 6.61 Å². The highest BCUT2D eigenvalue weighted by Gasteiger charge is 2.28. The van der Waals surface area contributed by atoms with Crippen molar-refractivity contribution in [2.45, 2.75) is 44.3 Å². The molecule has 0 unspecified atom stereocenters. The number of methoxy groups -OCH3 is 1. The standard InChI is InChI=1S/C16H24N2O/c1-19-11-10-18(16-8-9-16)15-6-2-13(3-7-15)12-17-14-4-5-14/h2-3,6-7,14,16-17H,4-5,8-12H2,1H3. The number of nitrogens with zero attached hydrogens (tertiary/aromatic N) is 1. The van der Waals surface area contributed by atoms with Crippen LogP contribution in [0.1, 0.15) is 31.2 Å². The summed E-state index contributed by atoms with van der Waals surface area (Å²) in [5.74, 6) is 0. The quantitative estimate of drug-likeness (QED) is 0.777. The molecular weight excluding hydrogens is 236 g/mol. The average Bonchev–Trinajstić information content (AvgIpc) is 3.31. The normalized spacial score (nSPS) is 18.6. The summed E-state index contributed by atoms with van der Waals surface area (Å²) in [6.45, 7) is 2.81. The minimum atomic E-state index is 0.741. The van der Waals surface area contributed by atoms with Gasteiger partial charge in [-0.25, -0.2) is 0 Å². The van der Waals surface area contributed by atoms with Crippen molar-refractivity contribution in [1.82, 2.24) is 5.32 Å². The van der Waals surface area contributed by atoms with Crippen LogP contribution in [0.3, 0.4) is 0 Å². The van der Waals surface area contributed by atoms with Crippen LogP contribution >= 0.6 is 0 Å². The lowest BCUT2D eigenvalue weighted by Crippen LogP contribution is -2.29. The van der Waals surface area contributed by atoms with Crippen LogP contribution in [0.2, 0.25) is 0 Å². The number of nitrogens with one attached hydrogen (secondary N) is 1. The van der Waals surface area contributed by atoms with Crippen molar-refractivity contribution >= 4 is 5.69 Å². The summed E-state index contributed by atoms with van der Waals surface area (Å²) in [5, 5.41) is 3.56. The topological polar surface area (TPSA) is 24.5 Å². The fourth-order valence-corrected chi connectivity index (χ4v) is 2.45. The molecule has 2 fully saturated rings. The fourth-order valence-electron chi connectivity index (χ4n) is 2.45. The van der Waals surface area contributed by atoms with Gasteiger partial charge in [0.2, 0.25) is 0 Å². The van der Waals surface area contributed by atoms with E-state index in [1.54, 1.807) is 7.11 Å². The smallest absolute Gasteiger partial charge is 0.0637 e. The second kappa shape index (κ2) is 5.93. The lowest BCUT2D eigenvalue weighted by Gasteiger charge is -2.24. The van der Waals surface area contributed by atoms with Gasteiger partial charge in [0.25, 0.3) is 0 Å². The Morgan fingerprint density at radius 2 is 1.89 bits per heavy atom. The molecule has 0 atom stereocenters. The molecule has 1 aromatic carbocycles. The minimum absolute atomic E-state index is 0.741. The first-order valence-electron chi connectivity index (χ1n) is 7.45. The molecule has 0 aromatic heterocycles. The van der Waals surface area contributed by atoms with Crippen LogP contribution in [-0.4, -0.2) is 32.3 Å². The van der Waals surface area contributed by atoms with E-state index in [1.807, 2.05) is 0 Å². The van der Waals surface area contributed by atoms with E-state index in [-0.39, 0.29) is 0 Å². The lowest BCUT2D eigenvalue weighted by atomic mass is 10.2. The molecule has 2 aliphatic carbocycles. The van der Waals surface area contributed by atoms with Crippen molar-refractivity contribution < 1.29 is 4.74 Å². The summed E-state index contributed by atoms with van der Waals surface area (Å²) in [7, 11) is 1.78. The molecule has 2 saturated carbocycles. The van der Waals surface area contributed by atoms with Crippen molar-refractivity contribution in [1.29, 1.82) is 0 Å². The van der Waals surface area contributed by atoms with Crippen LogP contribution in [0.5, 0.6) is 0 Å². The van der Waals surface area contributed by atoms with Gasteiger partial charge in [-0.1, -0.05) is 12.1 Å². The molecule has 3 rings (SSSR count). The Labute approximate surface area is 115 Å². The van der Waals surface area contributed by atoms with Gasteiger partial charge in [0, 0.05) is 38.0 Å². The highest BCUT2D eigenvalue weighted by Crippen LogP contribution is 2.31. The summed E-state index contributed by atoms with van der Waals surface area (Å²) in [6, 6.07) is 10.6. The van der Waals surface area contributed by atoms with Crippen molar-refractivity contribution in [3.8, 4) is 0 Å². The van der Waals surface area contributed by atoms with Crippen molar-refractivity contribution in [2.24, 2.45) is 0 Å². The van der Waals surface area contributed by atoms with Gasteiger partial charge in [0.15, 0.2) is 0 Å². The number of hydrogen-bond donors (Lipinski definition) is 1. The average molecular weight is 260 g/mol. The Bertz CT molecular complexity index is 396. The first kappa shape index (κ1) is 12.9. The molecule has 0 bridgehead atoms. The van der Waals surface area contributed by atoms with Crippen molar-refractivity contribution in [3.63, 3.8) is 0 Å². The van der Waals surface area contributed by atoms with Crippen LogP contribution in [0.4, 0.5) is 5.69 Å².